The number of nitrogens with zero attached hydrogens (tertiary/aromatic N) is 1. The molecule has 2 N–H and O–H groups in total. The third-order valence-corrected chi connectivity index (χ3v) is 4.23. The lowest BCUT2D eigenvalue weighted by Crippen LogP contribution is -2.46. The standard InChI is InChI=1S/C16H25FN2/c1-19(12-13-8-6-7-9-14(13)17)16-11-5-3-2-4-10-15(16)18/h6-9,15-16H,2-5,10-12,18H2,1H3. The molecule has 2 atom stereocenters. The van der Waals surface area contributed by atoms with E-state index in [0.717, 1.165) is 18.4 Å². The van der Waals surface area contributed by atoms with Crippen molar-refractivity contribution in [3.8, 4) is 0 Å². The number of likely N-dealkylation sites (N-methyl/N-ethyl adjacent to an activating group) is 1. The maximum absolute atomic E-state index is 13.7. The lowest BCUT2D eigenvalue weighted by Gasteiger charge is -2.34. The Labute approximate surface area is 115 Å². The van der Waals surface area contributed by atoms with E-state index < -0.39 is 0 Å². The Bertz CT molecular complexity index is 394. The highest BCUT2D eigenvalue weighted by Crippen LogP contribution is 2.22. The van der Waals surface area contributed by atoms with Crippen molar-refractivity contribution in [2.24, 2.45) is 5.73 Å². The van der Waals surface area contributed by atoms with Crippen molar-refractivity contribution in [3.63, 3.8) is 0 Å². The van der Waals surface area contributed by atoms with Crippen LogP contribution in [0.15, 0.2) is 24.3 Å². The van der Waals surface area contributed by atoms with Gasteiger partial charge in [-0.25, -0.2) is 4.39 Å². The summed E-state index contributed by atoms with van der Waals surface area (Å²) in [5.41, 5.74) is 7.07. The summed E-state index contributed by atoms with van der Waals surface area (Å²) < 4.78 is 13.7. The minimum Gasteiger partial charge on any atom is -0.326 e. The molecular formula is C16H25FN2. The highest BCUT2D eigenvalue weighted by atomic mass is 19.1. The Morgan fingerprint density at radius 2 is 1.84 bits per heavy atom. The van der Waals surface area contributed by atoms with Crippen LogP contribution >= 0.6 is 0 Å². The summed E-state index contributed by atoms with van der Waals surface area (Å²) in [6.07, 6.45) is 7.29. The predicted molar refractivity (Wildman–Crippen MR) is 77.3 cm³/mol. The van der Waals surface area contributed by atoms with Crippen molar-refractivity contribution in [1.82, 2.24) is 4.90 Å². The molecule has 1 aromatic carbocycles. The van der Waals surface area contributed by atoms with Crippen LogP contribution in [0.5, 0.6) is 0 Å². The van der Waals surface area contributed by atoms with Gasteiger partial charge in [-0.2, -0.15) is 0 Å². The monoisotopic (exact) mass is 264 g/mol. The lowest BCUT2D eigenvalue weighted by molar-refractivity contribution is 0.173. The molecule has 0 radical (unpaired) electrons. The van der Waals surface area contributed by atoms with Gasteiger partial charge in [-0.3, -0.25) is 4.90 Å². The van der Waals surface area contributed by atoms with Crippen molar-refractivity contribution in [2.75, 3.05) is 7.05 Å². The summed E-state index contributed by atoms with van der Waals surface area (Å²) in [5.74, 6) is -0.117. The van der Waals surface area contributed by atoms with E-state index in [1.807, 2.05) is 12.1 Å². The largest absolute Gasteiger partial charge is 0.326 e. The van der Waals surface area contributed by atoms with Gasteiger partial charge in [0.15, 0.2) is 0 Å². The molecule has 0 bridgehead atoms. The lowest BCUT2D eigenvalue weighted by atomic mass is 9.92. The van der Waals surface area contributed by atoms with E-state index in [1.165, 1.54) is 31.7 Å². The van der Waals surface area contributed by atoms with Gasteiger partial charge in [-0.05, 0) is 26.0 Å². The Morgan fingerprint density at radius 3 is 2.58 bits per heavy atom. The fraction of sp³-hybridized carbons (Fsp3) is 0.625. The van der Waals surface area contributed by atoms with Crippen molar-refractivity contribution in [3.05, 3.63) is 35.6 Å². The normalized spacial score (nSPS) is 25.1. The SMILES string of the molecule is CN(Cc1ccccc1F)C1CCCCCCC1N. The molecule has 0 aromatic heterocycles. The summed E-state index contributed by atoms with van der Waals surface area (Å²) in [7, 11) is 2.07. The first-order chi connectivity index (χ1) is 9.18. The summed E-state index contributed by atoms with van der Waals surface area (Å²) >= 11 is 0. The molecule has 106 valence electrons. The Hall–Kier alpha value is -0.930. The molecule has 0 spiro atoms. The molecule has 0 saturated heterocycles. The molecule has 1 fully saturated rings. The molecule has 2 rings (SSSR count). The van der Waals surface area contributed by atoms with Gasteiger partial charge in [0, 0.05) is 24.2 Å². The topological polar surface area (TPSA) is 29.3 Å². The van der Waals surface area contributed by atoms with Crippen molar-refractivity contribution in [1.29, 1.82) is 0 Å². The Kier molecular flexibility index (Phi) is 5.34. The molecule has 1 aromatic rings. The van der Waals surface area contributed by atoms with Crippen LogP contribution in [0, 0.1) is 5.82 Å². The first-order valence-corrected chi connectivity index (χ1v) is 7.37. The molecule has 3 heteroatoms. The van der Waals surface area contributed by atoms with E-state index in [2.05, 4.69) is 11.9 Å². The maximum Gasteiger partial charge on any atom is 0.127 e. The van der Waals surface area contributed by atoms with Crippen LogP contribution in [0.25, 0.3) is 0 Å². The minimum atomic E-state index is -0.117. The average Bonchev–Trinajstić information content (AvgIpc) is 2.37. The molecule has 19 heavy (non-hydrogen) atoms. The van der Waals surface area contributed by atoms with E-state index in [0.29, 0.717) is 12.6 Å². The number of hydrogen-bond acceptors (Lipinski definition) is 2. The zero-order chi connectivity index (χ0) is 13.7. The van der Waals surface area contributed by atoms with Gasteiger partial charge in [0.25, 0.3) is 0 Å². The van der Waals surface area contributed by atoms with Crippen LogP contribution in [-0.2, 0) is 6.54 Å². The molecule has 2 nitrogen and oxygen atoms in total. The summed E-state index contributed by atoms with van der Waals surface area (Å²) in [6.45, 7) is 0.644. The van der Waals surface area contributed by atoms with Crippen molar-refractivity contribution < 1.29 is 4.39 Å². The molecule has 1 aliphatic rings. The van der Waals surface area contributed by atoms with Crippen molar-refractivity contribution >= 4 is 0 Å². The maximum atomic E-state index is 13.7. The van der Waals surface area contributed by atoms with Crippen molar-refractivity contribution in [2.45, 2.75) is 57.2 Å². The molecule has 1 aliphatic carbocycles. The molecule has 1 saturated carbocycles. The third-order valence-electron chi connectivity index (χ3n) is 4.23. The van der Waals surface area contributed by atoms with Gasteiger partial charge in [-0.15, -0.1) is 0 Å². The van der Waals surface area contributed by atoms with Crippen LogP contribution in [0.4, 0.5) is 4.39 Å². The van der Waals surface area contributed by atoms with Crippen LogP contribution in [-0.4, -0.2) is 24.0 Å². The molecule has 0 heterocycles. The van der Waals surface area contributed by atoms with Crippen LogP contribution in [0.3, 0.4) is 0 Å². The van der Waals surface area contributed by atoms with E-state index in [9.17, 15) is 4.39 Å². The average molecular weight is 264 g/mol. The van der Waals surface area contributed by atoms with Gasteiger partial charge in [-0.1, -0.05) is 43.9 Å². The number of benzene rings is 1. The summed E-state index contributed by atoms with van der Waals surface area (Å²) in [5, 5.41) is 0. The second kappa shape index (κ2) is 7.01. The minimum absolute atomic E-state index is 0.117. The smallest absolute Gasteiger partial charge is 0.127 e. The second-order valence-electron chi connectivity index (χ2n) is 5.73. The third kappa shape index (κ3) is 4.02. The zero-order valence-electron chi connectivity index (χ0n) is 11.8. The fourth-order valence-corrected chi connectivity index (χ4v) is 3.05. The van der Waals surface area contributed by atoms with E-state index in [-0.39, 0.29) is 11.9 Å². The highest BCUT2D eigenvalue weighted by molar-refractivity contribution is 5.17. The van der Waals surface area contributed by atoms with E-state index >= 15 is 0 Å². The number of nitrogens with two attached hydrogens (primary N) is 1. The Morgan fingerprint density at radius 1 is 1.16 bits per heavy atom. The fourth-order valence-electron chi connectivity index (χ4n) is 3.05. The van der Waals surface area contributed by atoms with Gasteiger partial charge >= 0.3 is 0 Å². The molecule has 0 amide bonds. The van der Waals surface area contributed by atoms with Crippen LogP contribution in [0.2, 0.25) is 0 Å². The van der Waals surface area contributed by atoms with Gasteiger partial charge in [0.05, 0.1) is 0 Å². The van der Waals surface area contributed by atoms with Gasteiger partial charge < -0.3 is 5.73 Å². The summed E-state index contributed by atoms with van der Waals surface area (Å²) in [4.78, 5) is 2.23. The van der Waals surface area contributed by atoms with E-state index in [1.54, 1.807) is 6.07 Å². The first kappa shape index (κ1) is 14.5. The highest BCUT2D eigenvalue weighted by Gasteiger charge is 2.23. The predicted octanol–water partition coefficient (Wildman–Crippen LogP) is 3.31. The second-order valence-corrected chi connectivity index (χ2v) is 5.73. The number of hydrogen-bond donors (Lipinski definition) is 1. The molecule has 0 aliphatic heterocycles. The van der Waals surface area contributed by atoms with E-state index in [4.69, 9.17) is 5.73 Å². The van der Waals surface area contributed by atoms with Gasteiger partial charge in [0.2, 0.25) is 0 Å². The van der Waals surface area contributed by atoms with Crippen LogP contribution < -0.4 is 5.73 Å². The number of rotatable bonds is 3. The summed E-state index contributed by atoms with van der Waals surface area (Å²) in [6, 6.07) is 7.61. The first-order valence-electron chi connectivity index (χ1n) is 7.37. The van der Waals surface area contributed by atoms with Crippen LogP contribution in [0.1, 0.15) is 44.1 Å². The van der Waals surface area contributed by atoms with Gasteiger partial charge in [0.1, 0.15) is 5.82 Å². The zero-order valence-corrected chi connectivity index (χ0v) is 11.8. The quantitative estimate of drug-likeness (QED) is 0.907. The molecular weight excluding hydrogens is 239 g/mol. The Balaban J connectivity index is 2.00. The number of halogens is 1. The molecule has 2 unspecified atom stereocenters.